The quantitative estimate of drug-likeness (QED) is 0.309. The lowest BCUT2D eigenvalue weighted by Crippen LogP contribution is -2.08. The third kappa shape index (κ3) is 5.27. The Labute approximate surface area is 181 Å². The predicted octanol–water partition coefficient (Wildman–Crippen LogP) is 6.28. The van der Waals surface area contributed by atoms with Crippen LogP contribution in [0.3, 0.4) is 0 Å². The van der Waals surface area contributed by atoms with Crippen LogP contribution in [0.25, 0.3) is 0 Å². The second-order valence-electron chi connectivity index (χ2n) is 5.99. The summed E-state index contributed by atoms with van der Waals surface area (Å²) < 4.78 is 1.91. The molecule has 0 amide bonds. The molecule has 2 aromatic carbocycles. The molecule has 0 fully saturated rings. The predicted molar refractivity (Wildman–Crippen MR) is 124 cm³/mol. The van der Waals surface area contributed by atoms with Crippen molar-refractivity contribution in [2.45, 2.75) is 13.8 Å². The molecule has 1 aromatic heterocycles. The van der Waals surface area contributed by atoms with Crippen LogP contribution < -0.4 is 10.9 Å². The minimum Gasteiger partial charge on any atom is -0.277 e. The molecular formula is C21H19Br2N5. The standard InChI is InChI=1S/C21H19Br2N5/c1-14(25-27-20-10-5-3-8-16(20)22)18-12-7-13-19(24-18)15(2)26-28-21-11-6-4-9-17(21)23/h3-13,27-28H,1-2H3. The topological polar surface area (TPSA) is 61.7 Å². The summed E-state index contributed by atoms with van der Waals surface area (Å²) in [5, 5.41) is 8.89. The average molecular weight is 501 g/mol. The number of para-hydroxylation sites is 2. The molecule has 0 unspecified atom stereocenters. The van der Waals surface area contributed by atoms with Crippen molar-refractivity contribution in [3.05, 3.63) is 87.1 Å². The lowest BCUT2D eigenvalue weighted by molar-refractivity contribution is 1.21. The SMILES string of the molecule is CC(=NNc1ccccc1Br)c1cccc(C(C)=NNc2ccccc2Br)n1. The van der Waals surface area contributed by atoms with Gasteiger partial charge in [0, 0.05) is 8.95 Å². The fourth-order valence-electron chi connectivity index (χ4n) is 2.34. The number of halogens is 2. The smallest absolute Gasteiger partial charge is 0.0867 e. The van der Waals surface area contributed by atoms with E-state index in [1.54, 1.807) is 0 Å². The molecule has 0 aliphatic rings. The second-order valence-corrected chi connectivity index (χ2v) is 7.69. The highest BCUT2D eigenvalue weighted by molar-refractivity contribution is 9.11. The maximum Gasteiger partial charge on any atom is 0.0867 e. The molecule has 3 aromatic rings. The van der Waals surface area contributed by atoms with Gasteiger partial charge in [0.1, 0.15) is 0 Å². The molecule has 0 radical (unpaired) electrons. The Morgan fingerprint density at radius 2 is 1.11 bits per heavy atom. The first-order valence-corrected chi connectivity index (χ1v) is 10.2. The van der Waals surface area contributed by atoms with Crippen LogP contribution in [-0.4, -0.2) is 16.4 Å². The van der Waals surface area contributed by atoms with Crippen LogP contribution in [0.2, 0.25) is 0 Å². The van der Waals surface area contributed by atoms with Crippen molar-refractivity contribution in [3.63, 3.8) is 0 Å². The molecule has 2 N–H and O–H groups in total. The molecule has 0 saturated carbocycles. The Hall–Kier alpha value is -2.51. The summed E-state index contributed by atoms with van der Waals surface area (Å²) in [5.74, 6) is 0. The minimum atomic E-state index is 0.782. The first-order chi connectivity index (χ1) is 13.5. The molecule has 0 atom stereocenters. The Morgan fingerprint density at radius 1 is 0.679 bits per heavy atom. The summed E-state index contributed by atoms with van der Waals surface area (Å²) in [7, 11) is 0. The number of benzene rings is 2. The van der Waals surface area contributed by atoms with Crippen molar-refractivity contribution in [2.75, 3.05) is 10.9 Å². The number of rotatable bonds is 6. The highest BCUT2D eigenvalue weighted by atomic mass is 79.9. The zero-order chi connectivity index (χ0) is 19.9. The molecule has 1 heterocycles. The van der Waals surface area contributed by atoms with E-state index in [9.17, 15) is 0 Å². The van der Waals surface area contributed by atoms with Gasteiger partial charge in [-0.15, -0.1) is 0 Å². The number of hydrogen-bond acceptors (Lipinski definition) is 5. The molecular weight excluding hydrogens is 482 g/mol. The number of aromatic nitrogens is 1. The molecule has 3 rings (SSSR count). The second kappa shape index (κ2) is 9.61. The molecule has 0 aliphatic heterocycles. The van der Waals surface area contributed by atoms with Gasteiger partial charge in [0.2, 0.25) is 0 Å². The van der Waals surface area contributed by atoms with Crippen molar-refractivity contribution in [3.8, 4) is 0 Å². The van der Waals surface area contributed by atoms with Gasteiger partial charge in [-0.3, -0.25) is 10.9 Å². The Balaban J connectivity index is 1.75. The number of pyridine rings is 1. The van der Waals surface area contributed by atoms with Crippen molar-refractivity contribution in [1.29, 1.82) is 0 Å². The molecule has 0 bridgehead atoms. The van der Waals surface area contributed by atoms with E-state index < -0.39 is 0 Å². The third-order valence-electron chi connectivity index (χ3n) is 3.93. The van der Waals surface area contributed by atoms with E-state index in [-0.39, 0.29) is 0 Å². The molecule has 0 saturated heterocycles. The molecule has 142 valence electrons. The third-order valence-corrected chi connectivity index (χ3v) is 5.31. The summed E-state index contributed by atoms with van der Waals surface area (Å²) in [6.07, 6.45) is 0. The molecule has 0 aliphatic carbocycles. The maximum absolute atomic E-state index is 4.68. The lowest BCUT2D eigenvalue weighted by atomic mass is 10.2. The number of nitrogens with zero attached hydrogens (tertiary/aromatic N) is 3. The summed E-state index contributed by atoms with van der Waals surface area (Å²) in [4.78, 5) is 4.68. The highest BCUT2D eigenvalue weighted by Gasteiger charge is 2.05. The number of hydrazone groups is 2. The van der Waals surface area contributed by atoms with E-state index in [0.717, 1.165) is 43.1 Å². The van der Waals surface area contributed by atoms with Gasteiger partial charge in [-0.1, -0.05) is 30.3 Å². The Morgan fingerprint density at radius 3 is 1.54 bits per heavy atom. The van der Waals surface area contributed by atoms with Crippen LogP contribution in [-0.2, 0) is 0 Å². The van der Waals surface area contributed by atoms with Gasteiger partial charge in [0.25, 0.3) is 0 Å². The Kier molecular flexibility index (Phi) is 6.95. The van der Waals surface area contributed by atoms with E-state index in [1.807, 2.05) is 80.6 Å². The number of nitrogens with one attached hydrogen (secondary N) is 2. The summed E-state index contributed by atoms with van der Waals surface area (Å²) in [5.41, 5.74) is 11.1. The van der Waals surface area contributed by atoms with Gasteiger partial charge in [0.05, 0.1) is 34.2 Å². The van der Waals surface area contributed by atoms with Gasteiger partial charge in [0.15, 0.2) is 0 Å². The van der Waals surface area contributed by atoms with Gasteiger partial charge < -0.3 is 0 Å². The first-order valence-electron chi connectivity index (χ1n) is 8.62. The van der Waals surface area contributed by atoms with Crippen LogP contribution in [0.5, 0.6) is 0 Å². The van der Waals surface area contributed by atoms with Crippen LogP contribution in [0.4, 0.5) is 11.4 Å². The van der Waals surface area contributed by atoms with E-state index >= 15 is 0 Å². The normalized spacial score (nSPS) is 12.0. The van der Waals surface area contributed by atoms with Crippen LogP contribution in [0, 0.1) is 0 Å². The summed E-state index contributed by atoms with van der Waals surface area (Å²) in [6, 6.07) is 21.5. The van der Waals surface area contributed by atoms with Gasteiger partial charge in [-0.05, 0) is 82.1 Å². The van der Waals surface area contributed by atoms with Crippen molar-refractivity contribution in [2.24, 2.45) is 10.2 Å². The van der Waals surface area contributed by atoms with Crippen molar-refractivity contribution >= 4 is 54.7 Å². The lowest BCUT2D eigenvalue weighted by Gasteiger charge is -2.07. The monoisotopic (exact) mass is 499 g/mol. The largest absolute Gasteiger partial charge is 0.277 e. The highest BCUT2D eigenvalue weighted by Crippen LogP contribution is 2.22. The Bertz CT molecular complexity index is 952. The fourth-order valence-corrected chi connectivity index (χ4v) is 3.09. The van der Waals surface area contributed by atoms with Gasteiger partial charge in [-0.2, -0.15) is 10.2 Å². The van der Waals surface area contributed by atoms with Crippen molar-refractivity contribution in [1.82, 2.24) is 4.98 Å². The molecule has 0 spiro atoms. The van der Waals surface area contributed by atoms with Crippen LogP contribution in [0.1, 0.15) is 25.2 Å². The van der Waals surface area contributed by atoms with E-state index in [1.165, 1.54) is 0 Å². The zero-order valence-corrected chi connectivity index (χ0v) is 18.6. The van der Waals surface area contributed by atoms with Crippen LogP contribution in [0.15, 0.2) is 85.9 Å². The van der Waals surface area contributed by atoms with Gasteiger partial charge >= 0.3 is 0 Å². The first kappa shape index (κ1) is 20.2. The van der Waals surface area contributed by atoms with Crippen LogP contribution >= 0.6 is 31.9 Å². The van der Waals surface area contributed by atoms with Crippen molar-refractivity contribution < 1.29 is 0 Å². The van der Waals surface area contributed by atoms with Gasteiger partial charge in [-0.25, -0.2) is 4.98 Å². The van der Waals surface area contributed by atoms with E-state index in [4.69, 9.17) is 0 Å². The number of anilines is 2. The summed E-state index contributed by atoms with van der Waals surface area (Å²) in [6.45, 7) is 3.84. The number of hydrogen-bond donors (Lipinski definition) is 2. The minimum absolute atomic E-state index is 0.782. The average Bonchev–Trinajstić information content (AvgIpc) is 2.72. The van der Waals surface area contributed by atoms with E-state index in [0.29, 0.717) is 0 Å². The fraction of sp³-hybridized carbons (Fsp3) is 0.0952. The molecule has 7 heteroatoms. The summed E-state index contributed by atoms with van der Waals surface area (Å²) >= 11 is 7.00. The molecule has 5 nitrogen and oxygen atoms in total. The molecule has 28 heavy (non-hydrogen) atoms. The van der Waals surface area contributed by atoms with E-state index in [2.05, 4.69) is 57.9 Å². The maximum atomic E-state index is 4.68. The zero-order valence-electron chi connectivity index (χ0n) is 15.4.